The predicted octanol–water partition coefficient (Wildman–Crippen LogP) is 3.74. The molecule has 0 unspecified atom stereocenters. The third kappa shape index (κ3) is 6.21. The molecule has 0 aliphatic rings. The molecule has 6 heteroatoms. The summed E-state index contributed by atoms with van der Waals surface area (Å²) in [6, 6.07) is 12.6. The van der Waals surface area contributed by atoms with Gasteiger partial charge in [-0.15, -0.1) is 0 Å². The van der Waals surface area contributed by atoms with Crippen LogP contribution in [0.15, 0.2) is 42.5 Å². The number of hydrogen-bond acceptors (Lipinski definition) is 3. The van der Waals surface area contributed by atoms with Gasteiger partial charge in [0.15, 0.2) is 0 Å². The van der Waals surface area contributed by atoms with Crippen molar-refractivity contribution in [3.8, 4) is 0 Å². The van der Waals surface area contributed by atoms with E-state index in [0.717, 1.165) is 16.7 Å². The third-order valence-corrected chi connectivity index (χ3v) is 3.91. The fourth-order valence-corrected chi connectivity index (χ4v) is 2.60. The minimum Gasteiger partial charge on any atom is -0.307 e. The molecule has 0 atom stereocenters. The molecule has 0 saturated heterocycles. The van der Waals surface area contributed by atoms with Gasteiger partial charge in [-0.2, -0.15) is 0 Å². The Kier molecular flexibility index (Phi) is 6.56. The molecule has 3 amide bonds. The number of anilines is 1. The standard InChI is InChI=1S/C19H22ClN3O2/c1-13-4-9-17(14(2)10-13)21-19(25)22-18(24)12-23(3)11-15-5-7-16(20)8-6-15/h4-10H,11-12H2,1-3H3,(H2,21,22,24,25). The van der Waals surface area contributed by atoms with Gasteiger partial charge in [-0.1, -0.05) is 41.4 Å². The second-order valence-electron chi connectivity index (χ2n) is 6.12. The average molecular weight is 360 g/mol. The Morgan fingerprint density at radius 3 is 2.40 bits per heavy atom. The summed E-state index contributed by atoms with van der Waals surface area (Å²) in [5, 5.41) is 5.71. The molecule has 0 aromatic heterocycles. The van der Waals surface area contributed by atoms with E-state index in [2.05, 4.69) is 10.6 Å². The van der Waals surface area contributed by atoms with Gasteiger partial charge in [0.2, 0.25) is 5.91 Å². The van der Waals surface area contributed by atoms with E-state index in [1.165, 1.54) is 0 Å². The first-order chi connectivity index (χ1) is 11.8. The van der Waals surface area contributed by atoms with Gasteiger partial charge in [-0.3, -0.25) is 15.0 Å². The largest absolute Gasteiger partial charge is 0.325 e. The van der Waals surface area contributed by atoms with E-state index in [0.29, 0.717) is 17.3 Å². The summed E-state index contributed by atoms with van der Waals surface area (Å²) >= 11 is 5.85. The number of imide groups is 1. The van der Waals surface area contributed by atoms with Crippen molar-refractivity contribution in [1.82, 2.24) is 10.2 Å². The van der Waals surface area contributed by atoms with Gasteiger partial charge >= 0.3 is 6.03 Å². The maximum absolute atomic E-state index is 12.0. The summed E-state index contributed by atoms with van der Waals surface area (Å²) in [6.45, 7) is 4.59. The normalized spacial score (nSPS) is 10.6. The van der Waals surface area contributed by atoms with Crippen LogP contribution in [0.5, 0.6) is 0 Å². The molecule has 0 aliphatic heterocycles. The van der Waals surface area contributed by atoms with Crippen molar-refractivity contribution < 1.29 is 9.59 Å². The number of carbonyl (C=O) groups is 2. The van der Waals surface area contributed by atoms with E-state index in [9.17, 15) is 9.59 Å². The minimum absolute atomic E-state index is 0.114. The number of benzene rings is 2. The number of rotatable bonds is 5. The highest BCUT2D eigenvalue weighted by molar-refractivity contribution is 6.30. The molecule has 25 heavy (non-hydrogen) atoms. The highest BCUT2D eigenvalue weighted by Crippen LogP contribution is 2.15. The van der Waals surface area contributed by atoms with Crippen molar-refractivity contribution in [2.24, 2.45) is 0 Å². The van der Waals surface area contributed by atoms with Crippen LogP contribution in [0.1, 0.15) is 16.7 Å². The van der Waals surface area contributed by atoms with E-state index in [1.807, 2.05) is 68.3 Å². The van der Waals surface area contributed by atoms with E-state index < -0.39 is 6.03 Å². The average Bonchev–Trinajstić information content (AvgIpc) is 2.52. The Balaban J connectivity index is 1.82. The lowest BCUT2D eigenvalue weighted by Crippen LogP contribution is -2.40. The number of amides is 3. The van der Waals surface area contributed by atoms with Crippen molar-refractivity contribution in [2.45, 2.75) is 20.4 Å². The molecule has 0 fully saturated rings. The maximum atomic E-state index is 12.0. The first-order valence-electron chi connectivity index (χ1n) is 7.94. The zero-order chi connectivity index (χ0) is 18.4. The van der Waals surface area contributed by atoms with E-state index >= 15 is 0 Å². The maximum Gasteiger partial charge on any atom is 0.325 e. The van der Waals surface area contributed by atoms with Crippen LogP contribution in [0.2, 0.25) is 5.02 Å². The van der Waals surface area contributed by atoms with Crippen LogP contribution in [0.4, 0.5) is 10.5 Å². The van der Waals surface area contributed by atoms with Crippen molar-refractivity contribution in [3.63, 3.8) is 0 Å². The van der Waals surface area contributed by atoms with Crippen LogP contribution in [-0.4, -0.2) is 30.4 Å². The van der Waals surface area contributed by atoms with Gasteiger partial charge in [-0.25, -0.2) is 4.79 Å². The fourth-order valence-electron chi connectivity index (χ4n) is 2.48. The Hall–Kier alpha value is -2.37. The number of aryl methyl sites for hydroxylation is 2. The Morgan fingerprint density at radius 1 is 1.08 bits per heavy atom. The summed E-state index contributed by atoms with van der Waals surface area (Å²) in [7, 11) is 1.82. The van der Waals surface area contributed by atoms with Crippen LogP contribution in [-0.2, 0) is 11.3 Å². The zero-order valence-corrected chi connectivity index (χ0v) is 15.4. The number of carbonyl (C=O) groups excluding carboxylic acids is 2. The highest BCUT2D eigenvalue weighted by atomic mass is 35.5. The van der Waals surface area contributed by atoms with Crippen LogP contribution >= 0.6 is 11.6 Å². The fraction of sp³-hybridized carbons (Fsp3) is 0.263. The molecule has 132 valence electrons. The summed E-state index contributed by atoms with van der Waals surface area (Å²) < 4.78 is 0. The van der Waals surface area contributed by atoms with Crippen molar-refractivity contribution in [2.75, 3.05) is 18.9 Å². The first-order valence-corrected chi connectivity index (χ1v) is 8.32. The highest BCUT2D eigenvalue weighted by Gasteiger charge is 2.12. The van der Waals surface area contributed by atoms with Gasteiger partial charge in [0.1, 0.15) is 0 Å². The van der Waals surface area contributed by atoms with E-state index in [1.54, 1.807) is 0 Å². The number of nitrogens with one attached hydrogen (secondary N) is 2. The second kappa shape index (κ2) is 8.65. The van der Waals surface area contributed by atoms with Crippen LogP contribution in [0.3, 0.4) is 0 Å². The molecule has 0 saturated carbocycles. The molecule has 2 aromatic carbocycles. The lowest BCUT2D eigenvalue weighted by Gasteiger charge is -2.16. The van der Waals surface area contributed by atoms with Gasteiger partial charge in [0.25, 0.3) is 0 Å². The Bertz CT molecular complexity index is 760. The van der Waals surface area contributed by atoms with Crippen LogP contribution < -0.4 is 10.6 Å². The molecule has 2 aromatic rings. The van der Waals surface area contributed by atoms with Gasteiger partial charge in [0.05, 0.1) is 6.54 Å². The molecule has 0 bridgehead atoms. The van der Waals surface area contributed by atoms with Crippen LogP contribution in [0.25, 0.3) is 0 Å². The number of urea groups is 1. The third-order valence-electron chi connectivity index (χ3n) is 3.66. The SMILES string of the molecule is Cc1ccc(NC(=O)NC(=O)CN(C)Cc2ccc(Cl)cc2)c(C)c1. The smallest absolute Gasteiger partial charge is 0.307 e. The Labute approximate surface area is 153 Å². The minimum atomic E-state index is -0.531. The van der Waals surface area contributed by atoms with Gasteiger partial charge in [0, 0.05) is 17.3 Å². The summed E-state index contributed by atoms with van der Waals surface area (Å²) in [6.07, 6.45) is 0. The van der Waals surface area contributed by atoms with Crippen molar-refractivity contribution >= 4 is 29.2 Å². The lowest BCUT2D eigenvalue weighted by molar-refractivity contribution is -0.120. The summed E-state index contributed by atoms with van der Waals surface area (Å²) in [5.41, 5.74) is 3.79. The number of hydrogen-bond donors (Lipinski definition) is 2. The molecule has 0 spiro atoms. The van der Waals surface area contributed by atoms with Crippen molar-refractivity contribution in [3.05, 3.63) is 64.2 Å². The molecule has 2 rings (SSSR count). The second-order valence-corrected chi connectivity index (χ2v) is 6.56. The molecule has 0 aliphatic carbocycles. The molecule has 5 nitrogen and oxygen atoms in total. The topological polar surface area (TPSA) is 61.4 Å². The van der Waals surface area contributed by atoms with E-state index in [4.69, 9.17) is 11.6 Å². The number of nitrogens with zero attached hydrogens (tertiary/aromatic N) is 1. The predicted molar refractivity (Wildman–Crippen MR) is 101 cm³/mol. The zero-order valence-electron chi connectivity index (χ0n) is 14.6. The molecule has 2 N–H and O–H groups in total. The first kappa shape index (κ1) is 19.0. The monoisotopic (exact) mass is 359 g/mol. The molecular formula is C19H22ClN3O2. The lowest BCUT2D eigenvalue weighted by atomic mass is 10.1. The summed E-state index contributed by atoms with van der Waals surface area (Å²) in [4.78, 5) is 25.8. The Morgan fingerprint density at radius 2 is 1.76 bits per heavy atom. The molecule has 0 radical (unpaired) electrons. The molecule has 0 heterocycles. The number of likely N-dealkylation sites (N-methyl/N-ethyl adjacent to an activating group) is 1. The van der Waals surface area contributed by atoms with Crippen molar-refractivity contribution in [1.29, 1.82) is 0 Å². The van der Waals surface area contributed by atoms with Gasteiger partial charge in [-0.05, 0) is 50.2 Å². The van der Waals surface area contributed by atoms with Gasteiger partial charge < -0.3 is 5.32 Å². The molecular weight excluding hydrogens is 338 g/mol. The van der Waals surface area contributed by atoms with Crippen LogP contribution in [0, 0.1) is 13.8 Å². The summed E-state index contributed by atoms with van der Waals surface area (Å²) in [5.74, 6) is -0.362. The number of halogens is 1. The quantitative estimate of drug-likeness (QED) is 0.854. The van der Waals surface area contributed by atoms with E-state index in [-0.39, 0.29) is 12.5 Å².